The van der Waals surface area contributed by atoms with Crippen LogP contribution in [0.25, 0.3) is 16.8 Å². The first-order valence-electron chi connectivity index (χ1n) is 10.7. The van der Waals surface area contributed by atoms with Crippen LogP contribution in [-0.4, -0.2) is 27.6 Å². The number of carbonyl (C=O) groups is 2. The normalized spacial score (nSPS) is 15.0. The number of fused-ring (bicyclic) bond motifs is 1. The highest BCUT2D eigenvalue weighted by molar-refractivity contribution is 8.26. The Morgan fingerprint density at radius 2 is 1.81 bits per heavy atom. The van der Waals surface area contributed by atoms with Crippen LogP contribution in [0.4, 0.5) is 5.69 Å². The van der Waals surface area contributed by atoms with Crippen LogP contribution < -0.4 is 5.32 Å². The molecule has 1 aliphatic rings. The topological polar surface area (TPSA) is 49.4 Å². The summed E-state index contributed by atoms with van der Waals surface area (Å²) < 4.78 is 0.543. The van der Waals surface area contributed by atoms with Crippen LogP contribution in [0.5, 0.6) is 0 Å². The molecule has 4 rings (SSSR count). The number of rotatable bonds is 7. The maximum absolute atomic E-state index is 12.8. The number of hydrogen-bond acceptors (Lipinski definition) is 4. The molecule has 0 bridgehead atoms. The quantitative estimate of drug-likeness (QED) is 0.346. The fourth-order valence-electron chi connectivity index (χ4n) is 3.58. The summed E-state index contributed by atoms with van der Waals surface area (Å²) in [6, 6.07) is 22.1. The van der Waals surface area contributed by atoms with Crippen LogP contribution in [0.2, 0.25) is 0 Å². The lowest BCUT2D eigenvalue weighted by Gasteiger charge is -2.14. The molecule has 6 heteroatoms. The fourth-order valence-corrected chi connectivity index (χ4v) is 4.89. The maximum atomic E-state index is 12.8. The Labute approximate surface area is 197 Å². The zero-order valence-corrected chi connectivity index (χ0v) is 19.5. The van der Waals surface area contributed by atoms with E-state index in [0.29, 0.717) is 28.6 Å². The highest BCUT2D eigenvalue weighted by Crippen LogP contribution is 2.32. The first kappa shape index (κ1) is 22.2. The lowest BCUT2D eigenvalue weighted by Crippen LogP contribution is -2.29. The van der Waals surface area contributed by atoms with Crippen LogP contribution in [-0.2, 0) is 16.0 Å². The summed E-state index contributed by atoms with van der Waals surface area (Å²) in [4.78, 5) is 27.4. The standard InChI is InChI=1S/C26H24N2O2S2/c1-2-18-9-11-19(12-10-18)16-23-25(30)28(26(31)32-23)15-5-8-24(29)27-22-14-13-20-6-3-4-7-21(20)17-22/h3-4,6-7,9-14,16-17H,2,5,8,15H2,1H3,(H,27,29). The van der Waals surface area contributed by atoms with Gasteiger partial charge in [0.1, 0.15) is 4.32 Å². The molecule has 1 aliphatic heterocycles. The molecule has 0 aromatic heterocycles. The van der Waals surface area contributed by atoms with Crippen molar-refractivity contribution in [2.75, 3.05) is 11.9 Å². The van der Waals surface area contributed by atoms with Gasteiger partial charge in [-0.25, -0.2) is 0 Å². The second-order valence-electron chi connectivity index (χ2n) is 7.64. The SMILES string of the molecule is CCc1ccc(C=C2SC(=S)N(CCCC(=O)Nc3ccc4ccccc4c3)C2=O)cc1. The molecule has 162 valence electrons. The lowest BCUT2D eigenvalue weighted by atomic mass is 10.1. The van der Waals surface area contributed by atoms with E-state index in [0.717, 1.165) is 28.4 Å². The number of nitrogens with one attached hydrogen (secondary N) is 1. The average molecular weight is 461 g/mol. The number of nitrogens with zero attached hydrogens (tertiary/aromatic N) is 1. The van der Waals surface area contributed by atoms with Crippen LogP contribution >= 0.6 is 24.0 Å². The van der Waals surface area contributed by atoms with Gasteiger partial charge >= 0.3 is 0 Å². The number of thiocarbonyl (C=S) groups is 1. The molecule has 3 aromatic carbocycles. The number of carbonyl (C=O) groups excluding carboxylic acids is 2. The summed E-state index contributed by atoms with van der Waals surface area (Å²) in [5.41, 5.74) is 3.02. The molecule has 0 unspecified atom stereocenters. The molecule has 1 heterocycles. The lowest BCUT2D eigenvalue weighted by molar-refractivity contribution is -0.122. The molecule has 0 saturated carbocycles. The van der Waals surface area contributed by atoms with Crippen LogP contribution in [0.15, 0.2) is 71.6 Å². The van der Waals surface area contributed by atoms with E-state index in [1.165, 1.54) is 17.3 Å². The van der Waals surface area contributed by atoms with E-state index in [-0.39, 0.29) is 11.8 Å². The van der Waals surface area contributed by atoms with Crippen molar-refractivity contribution in [2.24, 2.45) is 0 Å². The summed E-state index contributed by atoms with van der Waals surface area (Å²) in [5.74, 6) is -0.160. The second-order valence-corrected chi connectivity index (χ2v) is 9.32. The van der Waals surface area contributed by atoms with Crippen molar-refractivity contribution in [3.8, 4) is 0 Å². The van der Waals surface area contributed by atoms with E-state index >= 15 is 0 Å². The summed E-state index contributed by atoms with van der Waals surface area (Å²) in [5, 5.41) is 5.16. The van der Waals surface area contributed by atoms with Gasteiger partial charge < -0.3 is 5.32 Å². The van der Waals surface area contributed by atoms with Crippen molar-refractivity contribution in [1.82, 2.24) is 4.90 Å². The fraction of sp³-hybridized carbons (Fsp3) is 0.192. The Morgan fingerprint density at radius 1 is 1.06 bits per heavy atom. The Morgan fingerprint density at radius 3 is 2.56 bits per heavy atom. The molecule has 32 heavy (non-hydrogen) atoms. The van der Waals surface area contributed by atoms with Crippen molar-refractivity contribution in [3.05, 3.63) is 82.8 Å². The highest BCUT2D eigenvalue weighted by atomic mass is 32.2. The summed E-state index contributed by atoms with van der Waals surface area (Å²) >= 11 is 6.72. The number of aryl methyl sites for hydroxylation is 1. The van der Waals surface area contributed by atoms with Gasteiger partial charge in [0.2, 0.25) is 5.91 Å². The van der Waals surface area contributed by atoms with Gasteiger partial charge in [0.15, 0.2) is 0 Å². The third-order valence-electron chi connectivity index (χ3n) is 5.38. The number of hydrogen-bond donors (Lipinski definition) is 1. The molecule has 2 amide bonds. The number of amides is 2. The van der Waals surface area contributed by atoms with E-state index in [1.807, 2.05) is 60.7 Å². The Kier molecular flexibility index (Phi) is 7.02. The van der Waals surface area contributed by atoms with Gasteiger partial charge in [0.25, 0.3) is 5.91 Å². The zero-order chi connectivity index (χ0) is 22.5. The van der Waals surface area contributed by atoms with E-state index in [4.69, 9.17) is 12.2 Å². The second kappa shape index (κ2) is 10.1. The number of thioether (sulfide) groups is 1. The largest absolute Gasteiger partial charge is 0.326 e. The van der Waals surface area contributed by atoms with Crippen molar-refractivity contribution in [2.45, 2.75) is 26.2 Å². The minimum Gasteiger partial charge on any atom is -0.326 e. The zero-order valence-electron chi connectivity index (χ0n) is 17.8. The average Bonchev–Trinajstić information content (AvgIpc) is 3.07. The summed E-state index contributed by atoms with van der Waals surface area (Å²) in [6.45, 7) is 2.55. The molecule has 3 aromatic rings. The molecule has 1 N–H and O–H groups in total. The predicted octanol–water partition coefficient (Wildman–Crippen LogP) is 6.02. The minimum atomic E-state index is -0.0884. The first-order chi connectivity index (χ1) is 15.5. The van der Waals surface area contributed by atoms with Gasteiger partial charge in [0, 0.05) is 18.7 Å². The number of benzene rings is 3. The van der Waals surface area contributed by atoms with E-state index in [9.17, 15) is 9.59 Å². The van der Waals surface area contributed by atoms with Gasteiger partial charge in [-0.2, -0.15) is 0 Å². The van der Waals surface area contributed by atoms with E-state index in [1.54, 1.807) is 4.90 Å². The minimum absolute atomic E-state index is 0.0720. The molecular weight excluding hydrogens is 436 g/mol. The molecule has 1 fully saturated rings. The first-order valence-corrected chi connectivity index (χ1v) is 11.9. The molecule has 0 spiro atoms. The smallest absolute Gasteiger partial charge is 0.266 e. The maximum Gasteiger partial charge on any atom is 0.266 e. The monoisotopic (exact) mass is 460 g/mol. The van der Waals surface area contributed by atoms with Crippen LogP contribution in [0.1, 0.15) is 30.9 Å². The third-order valence-corrected chi connectivity index (χ3v) is 6.76. The molecule has 4 nitrogen and oxygen atoms in total. The molecule has 0 radical (unpaired) electrons. The van der Waals surface area contributed by atoms with Crippen molar-refractivity contribution < 1.29 is 9.59 Å². The van der Waals surface area contributed by atoms with Gasteiger partial charge in [-0.15, -0.1) is 0 Å². The van der Waals surface area contributed by atoms with Gasteiger partial charge in [-0.1, -0.05) is 85.5 Å². The van der Waals surface area contributed by atoms with Gasteiger partial charge in [-0.3, -0.25) is 14.5 Å². The van der Waals surface area contributed by atoms with E-state index < -0.39 is 0 Å². The highest BCUT2D eigenvalue weighted by Gasteiger charge is 2.31. The van der Waals surface area contributed by atoms with Crippen molar-refractivity contribution >= 4 is 62.7 Å². The Bertz CT molecular complexity index is 1200. The molecule has 0 atom stereocenters. The molecule has 0 aliphatic carbocycles. The third kappa shape index (κ3) is 5.26. The van der Waals surface area contributed by atoms with Gasteiger partial charge in [-0.05, 0) is 52.9 Å². The predicted molar refractivity (Wildman–Crippen MR) is 138 cm³/mol. The van der Waals surface area contributed by atoms with Crippen molar-refractivity contribution in [1.29, 1.82) is 0 Å². The van der Waals surface area contributed by atoms with Gasteiger partial charge in [0.05, 0.1) is 4.91 Å². The summed E-state index contributed by atoms with van der Waals surface area (Å²) in [6.07, 6.45) is 3.73. The van der Waals surface area contributed by atoms with Crippen LogP contribution in [0.3, 0.4) is 0 Å². The molecular formula is C26H24N2O2S2. The van der Waals surface area contributed by atoms with E-state index in [2.05, 4.69) is 24.4 Å². The Hall–Kier alpha value is -2.96. The van der Waals surface area contributed by atoms with Crippen LogP contribution in [0, 0.1) is 0 Å². The summed E-state index contributed by atoms with van der Waals surface area (Å²) in [7, 11) is 0. The Balaban J connectivity index is 1.30. The molecule has 1 saturated heterocycles. The van der Waals surface area contributed by atoms with Crippen molar-refractivity contribution in [3.63, 3.8) is 0 Å². The number of anilines is 1.